The van der Waals surface area contributed by atoms with Gasteiger partial charge in [-0.05, 0) is 133 Å². The molecule has 0 N–H and O–H groups in total. The summed E-state index contributed by atoms with van der Waals surface area (Å²) in [4.78, 5) is 7.05. The van der Waals surface area contributed by atoms with Crippen LogP contribution in [0.4, 0.5) is 17.1 Å². The number of fused-ring (bicyclic) bond motifs is 5. The topological polar surface area (TPSA) is 53.1 Å². The van der Waals surface area contributed by atoms with Crippen molar-refractivity contribution in [3.05, 3.63) is 206 Å². The third-order valence-corrected chi connectivity index (χ3v) is 11.3. The molecule has 10 aromatic carbocycles. The Morgan fingerprint density at radius 1 is 0.414 bits per heavy atom. The summed E-state index contributed by atoms with van der Waals surface area (Å²) in [6, 6.07) is 72.6. The molecule has 4 heteroatoms. The summed E-state index contributed by atoms with van der Waals surface area (Å²) in [5, 5.41) is 19.3. The van der Waals surface area contributed by atoms with E-state index in [9.17, 15) is 5.26 Å². The van der Waals surface area contributed by atoms with Crippen molar-refractivity contribution in [2.24, 2.45) is 0 Å². The average molecular weight is 740 g/mol. The number of aromatic nitrogens is 1. The van der Waals surface area contributed by atoms with Crippen LogP contribution in [0, 0.1) is 11.3 Å². The summed E-state index contributed by atoms with van der Waals surface area (Å²) in [6.45, 7) is 0. The molecule has 0 fully saturated rings. The molecule has 58 heavy (non-hydrogen) atoms. The van der Waals surface area contributed by atoms with Crippen LogP contribution in [0.2, 0.25) is 0 Å². The SMILES string of the molecule is N#Cc1c(-c2ccc3cc(N(c4ccc(-c5nc6ccccc6o5)cc4)c4ccc5cc(-c6ccc7ccccc7c6)ccc5c4)ccc3c2)ccc2ccccc12. The molecule has 0 aliphatic carbocycles. The second-order valence-electron chi connectivity index (χ2n) is 14.7. The second-order valence-corrected chi connectivity index (χ2v) is 14.7. The van der Waals surface area contributed by atoms with Crippen LogP contribution in [0.5, 0.6) is 0 Å². The zero-order chi connectivity index (χ0) is 38.6. The number of oxazole rings is 1. The smallest absolute Gasteiger partial charge is 0.227 e. The molecular weight excluding hydrogens is 707 g/mol. The summed E-state index contributed by atoms with van der Waals surface area (Å²) < 4.78 is 6.12. The van der Waals surface area contributed by atoms with E-state index in [1.54, 1.807) is 0 Å². The zero-order valence-electron chi connectivity index (χ0n) is 31.3. The molecule has 1 aromatic heterocycles. The van der Waals surface area contributed by atoms with Crippen LogP contribution in [0.1, 0.15) is 5.56 Å². The third-order valence-electron chi connectivity index (χ3n) is 11.3. The van der Waals surface area contributed by atoms with Crippen LogP contribution in [0.15, 0.2) is 205 Å². The average Bonchev–Trinajstić information content (AvgIpc) is 3.73. The van der Waals surface area contributed by atoms with Crippen LogP contribution in [-0.2, 0) is 0 Å². The number of nitriles is 1. The van der Waals surface area contributed by atoms with E-state index >= 15 is 0 Å². The van der Waals surface area contributed by atoms with Gasteiger partial charge in [-0.15, -0.1) is 0 Å². The number of benzene rings is 10. The van der Waals surface area contributed by atoms with Crippen LogP contribution in [0.25, 0.3) is 87.9 Å². The summed E-state index contributed by atoms with van der Waals surface area (Å²) in [5.74, 6) is 0.597. The third kappa shape index (κ3) is 5.82. The number of nitrogens with zero attached hydrogens (tertiary/aromatic N) is 3. The Labute approximate surface area is 335 Å². The van der Waals surface area contributed by atoms with E-state index in [1.165, 1.54) is 27.3 Å². The quantitative estimate of drug-likeness (QED) is 0.170. The fourth-order valence-corrected chi connectivity index (χ4v) is 8.29. The van der Waals surface area contributed by atoms with Crippen molar-refractivity contribution in [2.45, 2.75) is 0 Å². The van der Waals surface area contributed by atoms with E-state index in [2.05, 4.69) is 169 Å². The predicted octanol–water partition coefficient (Wildman–Crippen LogP) is 14.8. The number of hydrogen-bond donors (Lipinski definition) is 0. The first-order valence-electron chi connectivity index (χ1n) is 19.4. The molecule has 11 rings (SSSR count). The minimum absolute atomic E-state index is 0.597. The lowest BCUT2D eigenvalue weighted by atomic mass is 9.93. The lowest BCUT2D eigenvalue weighted by Crippen LogP contribution is -2.10. The van der Waals surface area contributed by atoms with Crippen molar-refractivity contribution in [2.75, 3.05) is 4.90 Å². The van der Waals surface area contributed by atoms with E-state index in [4.69, 9.17) is 9.40 Å². The number of para-hydroxylation sites is 2. The zero-order valence-corrected chi connectivity index (χ0v) is 31.3. The lowest BCUT2D eigenvalue weighted by molar-refractivity contribution is 0.620. The highest BCUT2D eigenvalue weighted by Crippen LogP contribution is 2.40. The van der Waals surface area contributed by atoms with Crippen LogP contribution >= 0.6 is 0 Å². The standard InChI is InChI=1S/C54H33N3O/c55-34-51-49-10-4-3-8-36(49)23-28-50(51)45-18-17-44-33-48(27-22-42(44)31-45)57(46-24-19-37(20-25-46)54-56-52-11-5-6-12-53(52)58-54)47-26-21-41-30-40(15-16-43(41)32-47)39-14-13-35-7-1-2-9-38(35)29-39/h1-33H. The molecule has 0 spiro atoms. The van der Waals surface area contributed by atoms with Crippen molar-refractivity contribution >= 4 is 71.3 Å². The molecule has 270 valence electrons. The van der Waals surface area contributed by atoms with Crippen molar-refractivity contribution in [1.29, 1.82) is 5.26 Å². The van der Waals surface area contributed by atoms with E-state index in [0.29, 0.717) is 11.5 Å². The predicted molar refractivity (Wildman–Crippen MR) is 240 cm³/mol. The van der Waals surface area contributed by atoms with Gasteiger partial charge in [-0.3, -0.25) is 0 Å². The van der Waals surface area contributed by atoms with Crippen molar-refractivity contribution in [1.82, 2.24) is 4.98 Å². The van der Waals surface area contributed by atoms with Crippen molar-refractivity contribution < 1.29 is 4.42 Å². The Balaban J connectivity index is 0.997. The van der Waals surface area contributed by atoms with Gasteiger partial charge in [-0.1, -0.05) is 121 Å². The highest BCUT2D eigenvalue weighted by Gasteiger charge is 2.17. The van der Waals surface area contributed by atoms with Gasteiger partial charge in [-0.2, -0.15) is 5.26 Å². The molecule has 0 unspecified atom stereocenters. The molecule has 0 aliphatic rings. The molecule has 0 aliphatic heterocycles. The van der Waals surface area contributed by atoms with E-state index in [-0.39, 0.29) is 0 Å². The number of anilines is 3. The number of hydrogen-bond acceptors (Lipinski definition) is 4. The highest BCUT2D eigenvalue weighted by atomic mass is 16.3. The first-order valence-corrected chi connectivity index (χ1v) is 19.4. The molecule has 1 heterocycles. The molecule has 0 amide bonds. The van der Waals surface area contributed by atoms with Crippen LogP contribution in [0.3, 0.4) is 0 Å². The van der Waals surface area contributed by atoms with Gasteiger partial charge < -0.3 is 9.32 Å². The number of rotatable bonds is 6. The normalized spacial score (nSPS) is 11.4. The molecule has 0 atom stereocenters. The Morgan fingerprint density at radius 2 is 0.914 bits per heavy atom. The molecule has 0 radical (unpaired) electrons. The molecule has 11 aromatic rings. The molecular formula is C54H33N3O. The maximum Gasteiger partial charge on any atom is 0.227 e. The fourth-order valence-electron chi connectivity index (χ4n) is 8.29. The monoisotopic (exact) mass is 739 g/mol. The van der Waals surface area contributed by atoms with Gasteiger partial charge in [0.05, 0.1) is 5.56 Å². The van der Waals surface area contributed by atoms with Crippen LogP contribution < -0.4 is 4.90 Å². The Bertz CT molecular complexity index is 3390. The lowest BCUT2D eigenvalue weighted by Gasteiger charge is -2.26. The van der Waals surface area contributed by atoms with Gasteiger partial charge >= 0.3 is 0 Å². The van der Waals surface area contributed by atoms with Crippen molar-refractivity contribution in [3.8, 4) is 39.8 Å². The largest absolute Gasteiger partial charge is 0.436 e. The molecule has 0 saturated heterocycles. The fraction of sp³-hybridized carbons (Fsp3) is 0. The second kappa shape index (κ2) is 13.6. The first-order chi connectivity index (χ1) is 28.6. The summed E-state index contributed by atoms with van der Waals surface area (Å²) in [7, 11) is 0. The Kier molecular flexibility index (Phi) is 7.84. The van der Waals surface area contributed by atoms with Crippen molar-refractivity contribution in [3.63, 3.8) is 0 Å². The van der Waals surface area contributed by atoms with E-state index in [0.717, 1.165) is 71.8 Å². The van der Waals surface area contributed by atoms with E-state index < -0.39 is 0 Å². The van der Waals surface area contributed by atoms with Gasteiger partial charge in [0.25, 0.3) is 0 Å². The minimum Gasteiger partial charge on any atom is -0.436 e. The summed E-state index contributed by atoms with van der Waals surface area (Å²) in [6.07, 6.45) is 0. The van der Waals surface area contributed by atoms with E-state index in [1.807, 2.05) is 42.5 Å². The summed E-state index contributed by atoms with van der Waals surface area (Å²) >= 11 is 0. The maximum absolute atomic E-state index is 10.2. The van der Waals surface area contributed by atoms with Gasteiger partial charge in [0.1, 0.15) is 11.6 Å². The minimum atomic E-state index is 0.597. The molecule has 4 nitrogen and oxygen atoms in total. The summed E-state index contributed by atoms with van der Waals surface area (Å²) in [5.41, 5.74) is 10.7. The Morgan fingerprint density at radius 3 is 1.62 bits per heavy atom. The van der Waals surface area contributed by atoms with Gasteiger partial charge in [0.2, 0.25) is 5.89 Å². The molecule has 0 bridgehead atoms. The van der Waals surface area contributed by atoms with Crippen LogP contribution in [-0.4, -0.2) is 4.98 Å². The first kappa shape index (κ1) is 33.3. The van der Waals surface area contributed by atoms with Gasteiger partial charge in [-0.25, -0.2) is 4.98 Å². The van der Waals surface area contributed by atoms with Gasteiger partial charge in [0, 0.05) is 33.6 Å². The molecule has 0 saturated carbocycles. The highest BCUT2D eigenvalue weighted by molar-refractivity contribution is 5.99. The maximum atomic E-state index is 10.2. The Hall–Kier alpha value is -8.00. The van der Waals surface area contributed by atoms with Gasteiger partial charge in [0.15, 0.2) is 5.58 Å².